The molecule has 0 aliphatic heterocycles. The van der Waals surface area contributed by atoms with Crippen molar-refractivity contribution in [2.24, 2.45) is 0 Å². The average Bonchev–Trinajstić information content (AvgIpc) is 2.61. The molecule has 0 aliphatic rings. The van der Waals surface area contributed by atoms with Gasteiger partial charge < -0.3 is 14.6 Å². The summed E-state index contributed by atoms with van der Waals surface area (Å²) in [5.41, 5.74) is 2.65. The van der Waals surface area contributed by atoms with Crippen molar-refractivity contribution in [2.45, 2.75) is 13.5 Å². The molecule has 1 aromatic heterocycles. The van der Waals surface area contributed by atoms with Gasteiger partial charge in [0.15, 0.2) is 0 Å². The van der Waals surface area contributed by atoms with Crippen LogP contribution in [-0.4, -0.2) is 21.7 Å². The van der Waals surface area contributed by atoms with Crippen molar-refractivity contribution in [3.8, 4) is 0 Å². The first-order valence-electron chi connectivity index (χ1n) is 5.23. The normalized spacial score (nSPS) is 10.4. The van der Waals surface area contributed by atoms with Crippen LogP contribution in [-0.2, 0) is 6.54 Å². The number of benzene rings is 1. The van der Waals surface area contributed by atoms with Gasteiger partial charge in [-0.05, 0) is 18.1 Å². The van der Waals surface area contributed by atoms with E-state index in [4.69, 9.17) is 10.0 Å². The summed E-state index contributed by atoms with van der Waals surface area (Å²) in [6.45, 7) is 2.62. The topological polar surface area (TPSA) is 45.4 Å². The fourth-order valence-electron chi connectivity index (χ4n) is 1.80. The molecule has 0 saturated heterocycles. The van der Waals surface area contributed by atoms with Crippen LogP contribution < -0.4 is 5.46 Å². The van der Waals surface area contributed by atoms with Crippen molar-refractivity contribution >= 4 is 12.6 Å². The van der Waals surface area contributed by atoms with Gasteiger partial charge in [-0.25, -0.2) is 0 Å². The van der Waals surface area contributed by atoms with Crippen LogP contribution in [0.1, 0.15) is 11.1 Å². The van der Waals surface area contributed by atoms with Crippen molar-refractivity contribution in [2.75, 3.05) is 0 Å². The Morgan fingerprint density at radius 3 is 2.38 bits per heavy atom. The van der Waals surface area contributed by atoms with Crippen molar-refractivity contribution in [1.82, 2.24) is 4.57 Å². The fourth-order valence-corrected chi connectivity index (χ4v) is 1.80. The van der Waals surface area contributed by atoms with Crippen LogP contribution >= 0.6 is 0 Å². The molecular formula is C12H14BNO2. The predicted molar refractivity (Wildman–Crippen MR) is 64.5 cm³/mol. The Labute approximate surface area is 95.1 Å². The second kappa shape index (κ2) is 4.55. The van der Waals surface area contributed by atoms with Gasteiger partial charge in [0.05, 0.1) is 0 Å². The van der Waals surface area contributed by atoms with Crippen LogP contribution in [0, 0.1) is 6.92 Å². The Balaban J connectivity index is 2.20. The third kappa shape index (κ3) is 2.35. The lowest BCUT2D eigenvalue weighted by Gasteiger charge is -2.02. The lowest BCUT2D eigenvalue weighted by Crippen LogP contribution is -2.30. The van der Waals surface area contributed by atoms with Gasteiger partial charge in [-0.3, -0.25) is 0 Å². The monoisotopic (exact) mass is 215 g/mol. The van der Waals surface area contributed by atoms with Gasteiger partial charge in [0.2, 0.25) is 0 Å². The molecule has 82 valence electrons. The second-order valence-electron chi connectivity index (χ2n) is 3.93. The SMILES string of the molecule is Cc1cn(Cc2ccccc2)cc1B(O)O. The molecule has 1 heterocycles. The van der Waals surface area contributed by atoms with Gasteiger partial charge in [0.25, 0.3) is 0 Å². The summed E-state index contributed by atoms with van der Waals surface area (Å²) >= 11 is 0. The highest BCUT2D eigenvalue weighted by atomic mass is 16.4. The standard InChI is InChI=1S/C12H14BNO2/c1-10-7-14(9-12(10)13(15)16)8-11-5-3-2-4-6-11/h2-7,9,15-16H,8H2,1H3. The lowest BCUT2D eigenvalue weighted by atomic mass is 9.80. The fraction of sp³-hybridized carbons (Fsp3) is 0.167. The number of hydrogen-bond acceptors (Lipinski definition) is 2. The molecule has 1 aromatic carbocycles. The van der Waals surface area contributed by atoms with E-state index in [-0.39, 0.29) is 0 Å². The summed E-state index contributed by atoms with van der Waals surface area (Å²) in [6.07, 6.45) is 3.69. The third-order valence-electron chi connectivity index (χ3n) is 2.61. The van der Waals surface area contributed by atoms with Gasteiger partial charge in [0, 0.05) is 24.4 Å². The molecule has 16 heavy (non-hydrogen) atoms. The van der Waals surface area contributed by atoms with E-state index in [1.165, 1.54) is 5.56 Å². The third-order valence-corrected chi connectivity index (χ3v) is 2.61. The number of aromatic nitrogens is 1. The largest absolute Gasteiger partial charge is 0.490 e. The molecule has 0 saturated carbocycles. The highest BCUT2D eigenvalue weighted by Crippen LogP contribution is 2.04. The minimum atomic E-state index is -1.39. The van der Waals surface area contributed by atoms with Crippen molar-refractivity contribution in [3.05, 3.63) is 53.9 Å². The molecule has 0 fully saturated rings. The van der Waals surface area contributed by atoms with Crippen LogP contribution in [0.2, 0.25) is 0 Å². The quantitative estimate of drug-likeness (QED) is 0.733. The molecule has 0 bridgehead atoms. The molecule has 0 spiro atoms. The van der Waals surface area contributed by atoms with Crippen LogP contribution in [0.5, 0.6) is 0 Å². The summed E-state index contributed by atoms with van der Waals surface area (Å²) in [5.74, 6) is 0. The summed E-state index contributed by atoms with van der Waals surface area (Å²) in [7, 11) is -1.39. The maximum absolute atomic E-state index is 9.13. The first kappa shape index (κ1) is 11.0. The van der Waals surface area contributed by atoms with E-state index in [9.17, 15) is 0 Å². The van der Waals surface area contributed by atoms with Gasteiger partial charge in [0.1, 0.15) is 0 Å². The zero-order valence-corrected chi connectivity index (χ0v) is 9.17. The molecular weight excluding hydrogens is 201 g/mol. The summed E-state index contributed by atoms with van der Waals surface area (Å²) in [6, 6.07) is 10.1. The zero-order chi connectivity index (χ0) is 11.5. The number of aryl methyl sites for hydroxylation is 1. The molecule has 0 unspecified atom stereocenters. The van der Waals surface area contributed by atoms with E-state index >= 15 is 0 Å². The first-order chi connectivity index (χ1) is 7.66. The summed E-state index contributed by atoms with van der Waals surface area (Å²) in [5, 5.41) is 18.3. The maximum Gasteiger partial charge on any atom is 0.490 e. The molecule has 0 radical (unpaired) electrons. The van der Waals surface area contributed by atoms with Gasteiger partial charge in [-0.2, -0.15) is 0 Å². The molecule has 0 atom stereocenters. The molecule has 0 amide bonds. The van der Waals surface area contributed by atoms with E-state index in [2.05, 4.69) is 0 Å². The summed E-state index contributed by atoms with van der Waals surface area (Å²) in [4.78, 5) is 0. The molecule has 3 nitrogen and oxygen atoms in total. The van der Waals surface area contributed by atoms with E-state index < -0.39 is 7.12 Å². The Hall–Kier alpha value is -1.52. The smallest absolute Gasteiger partial charge is 0.423 e. The highest BCUT2D eigenvalue weighted by Gasteiger charge is 2.15. The van der Waals surface area contributed by atoms with Crippen molar-refractivity contribution in [3.63, 3.8) is 0 Å². The first-order valence-corrected chi connectivity index (χ1v) is 5.23. The van der Waals surface area contributed by atoms with Gasteiger partial charge in [-0.1, -0.05) is 30.3 Å². The van der Waals surface area contributed by atoms with Gasteiger partial charge in [-0.15, -0.1) is 0 Å². The minimum absolute atomic E-state index is 0.566. The molecule has 4 heteroatoms. The van der Waals surface area contributed by atoms with E-state index in [0.29, 0.717) is 5.46 Å². The van der Waals surface area contributed by atoms with E-state index in [0.717, 1.165) is 12.1 Å². The van der Waals surface area contributed by atoms with Crippen LogP contribution in [0.25, 0.3) is 0 Å². The lowest BCUT2D eigenvalue weighted by molar-refractivity contribution is 0.425. The number of hydrogen-bond donors (Lipinski definition) is 2. The Morgan fingerprint density at radius 2 is 1.81 bits per heavy atom. The number of rotatable bonds is 3. The molecule has 2 aromatic rings. The Bertz CT molecular complexity index is 465. The highest BCUT2D eigenvalue weighted by molar-refractivity contribution is 6.59. The molecule has 0 aliphatic carbocycles. The van der Waals surface area contributed by atoms with E-state index in [1.807, 2.05) is 48.0 Å². The minimum Gasteiger partial charge on any atom is -0.423 e. The van der Waals surface area contributed by atoms with Gasteiger partial charge >= 0.3 is 7.12 Å². The Morgan fingerprint density at radius 1 is 1.12 bits per heavy atom. The maximum atomic E-state index is 9.13. The molecule has 2 rings (SSSR count). The van der Waals surface area contributed by atoms with Crippen LogP contribution in [0.4, 0.5) is 0 Å². The second-order valence-corrected chi connectivity index (χ2v) is 3.93. The summed E-state index contributed by atoms with van der Waals surface area (Å²) < 4.78 is 1.96. The Kier molecular flexibility index (Phi) is 3.13. The van der Waals surface area contributed by atoms with E-state index in [1.54, 1.807) is 6.20 Å². The average molecular weight is 215 g/mol. The van der Waals surface area contributed by atoms with Crippen LogP contribution in [0.15, 0.2) is 42.7 Å². The van der Waals surface area contributed by atoms with Crippen molar-refractivity contribution in [1.29, 1.82) is 0 Å². The predicted octanol–water partition coefficient (Wildman–Crippen LogP) is 0.525. The molecule has 2 N–H and O–H groups in total. The zero-order valence-electron chi connectivity index (χ0n) is 9.17. The van der Waals surface area contributed by atoms with Crippen LogP contribution in [0.3, 0.4) is 0 Å². The number of nitrogens with zero attached hydrogens (tertiary/aromatic N) is 1. The van der Waals surface area contributed by atoms with Crippen molar-refractivity contribution < 1.29 is 10.0 Å².